The fourth-order valence-corrected chi connectivity index (χ4v) is 4.43. The lowest BCUT2D eigenvalue weighted by Gasteiger charge is -2.32. The Balaban J connectivity index is 1.19. The van der Waals surface area contributed by atoms with Crippen LogP contribution in [0.2, 0.25) is 0 Å². The summed E-state index contributed by atoms with van der Waals surface area (Å²) in [6.07, 6.45) is 9.66. The number of nitrogens with one attached hydrogen (secondary N) is 1. The molecular formula is C25H36N4O. The predicted octanol–water partition coefficient (Wildman–Crippen LogP) is 3.88. The molecule has 2 aliphatic rings. The molecule has 1 aliphatic heterocycles. The number of piperidine rings is 1. The summed E-state index contributed by atoms with van der Waals surface area (Å²) in [6, 6.07) is 9.42. The van der Waals surface area contributed by atoms with Crippen molar-refractivity contribution in [2.75, 3.05) is 13.1 Å². The van der Waals surface area contributed by atoms with E-state index in [4.69, 9.17) is 0 Å². The van der Waals surface area contributed by atoms with Crippen LogP contribution < -0.4 is 5.32 Å². The molecule has 2 heterocycles. The van der Waals surface area contributed by atoms with Crippen LogP contribution in [0.25, 0.3) is 0 Å². The first-order chi connectivity index (χ1) is 14.6. The second kappa shape index (κ2) is 9.78. The predicted molar refractivity (Wildman–Crippen MR) is 120 cm³/mol. The Morgan fingerprint density at radius 1 is 1.10 bits per heavy atom. The molecule has 1 aromatic carbocycles. The summed E-state index contributed by atoms with van der Waals surface area (Å²) < 4.78 is 2.04. The third-order valence-electron chi connectivity index (χ3n) is 6.60. The van der Waals surface area contributed by atoms with E-state index >= 15 is 0 Å². The van der Waals surface area contributed by atoms with Gasteiger partial charge in [-0.2, -0.15) is 5.10 Å². The summed E-state index contributed by atoms with van der Waals surface area (Å²) in [7, 11) is 0. The summed E-state index contributed by atoms with van der Waals surface area (Å²) in [4.78, 5) is 14.4. The monoisotopic (exact) mass is 408 g/mol. The minimum atomic E-state index is 0.200. The lowest BCUT2D eigenvalue weighted by Crippen LogP contribution is -2.33. The van der Waals surface area contributed by atoms with Crippen molar-refractivity contribution < 1.29 is 4.79 Å². The van der Waals surface area contributed by atoms with Crippen molar-refractivity contribution in [3.8, 4) is 0 Å². The van der Waals surface area contributed by atoms with Gasteiger partial charge in [-0.25, -0.2) is 0 Å². The molecule has 0 spiro atoms. The third kappa shape index (κ3) is 5.94. The molecule has 5 nitrogen and oxygen atoms in total. The molecule has 1 saturated carbocycles. The van der Waals surface area contributed by atoms with Gasteiger partial charge in [0.25, 0.3) is 0 Å². The Hall–Kier alpha value is -2.14. The van der Waals surface area contributed by atoms with Crippen molar-refractivity contribution >= 4 is 5.91 Å². The van der Waals surface area contributed by atoms with Gasteiger partial charge in [-0.1, -0.05) is 24.3 Å². The topological polar surface area (TPSA) is 50.2 Å². The molecule has 1 amide bonds. The highest BCUT2D eigenvalue weighted by atomic mass is 16.1. The summed E-state index contributed by atoms with van der Waals surface area (Å²) in [5.74, 6) is 0.974. The van der Waals surface area contributed by atoms with Crippen molar-refractivity contribution in [2.45, 2.75) is 77.9 Å². The lowest BCUT2D eigenvalue weighted by molar-refractivity contribution is -0.121. The van der Waals surface area contributed by atoms with Gasteiger partial charge < -0.3 is 5.32 Å². The van der Waals surface area contributed by atoms with Crippen LogP contribution in [0.1, 0.15) is 61.4 Å². The Morgan fingerprint density at radius 2 is 1.80 bits per heavy atom. The van der Waals surface area contributed by atoms with Crippen LogP contribution in [0.4, 0.5) is 0 Å². The maximum atomic E-state index is 11.9. The van der Waals surface area contributed by atoms with Crippen LogP contribution in [0, 0.1) is 12.8 Å². The minimum absolute atomic E-state index is 0.200. The molecule has 5 heteroatoms. The molecule has 1 saturated heterocycles. The zero-order chi connectivity index (χ0) is 20.9. The van der Waals surface area contributed by atoms with E-state index < -0.39 is 0 Å². The fraction of sp³-hybridized carbons (Fsp3) is 0.600. The van der Waals surface area contributed by atoms with Gasteiger partial charge in [0.15, 0.2) is 0 Å². The summed E-state index contributed by atoms with van der Waals surface area (Å²) in [5, 5.41) is 7.65. The molecule has 1 N–H and O–H groups in total. The van der Waals surface area contributed by atoms with Gasteiger partial charge in [-0.05, 0) is 82.5 Å². The first-order valence-electron chi connectivity index (χ1n) is 11.7. The van der Waals surface area contributed by atoms with Crippen LogP contribution in [-0.2, 0) is 30.7 Å². The number of hydrogen-bond donors (Lipinski definition) is 1. The van der Waals surface area contributed by atoms with Crippen molar-refractivity contribution in [3.05, 3.63) is 52.8 Å². The molecule has 2 aromatic rings. The Labute approximate surface area is 180 Å². The number of aryl methyl sites for hydroxylation is 3. The van der Waals surface area contributed by atoms with Gasteiger partial charge in [-0.3, -0.25) is 14.4 Å². The van der Waals surface area contributed by atoms with Crippen molar-refractivity contribution in [1.82, 2.24) is 20.0 Å². The summed E-state index contributed by atoms with van der Waals surface area (Å²) >= 11 is 0. The molecule has 0 unspecified atom stereocenters. The molecule has 1 aromatic heterocycles. The molecular weight excluding hydrogens is 372 g/mol. The smallest absolute Gasteiger partial charge is 0.220 e. The fourth-order valence-electron chi connectivity index (χ4n) is 4.43. The van der Waals surface area contributed by atoms with E-state index in [0.717, 1.165) is 38.3 Å². The van der Waals surface area contributed by atoms with Crippen molar-refractivity contribution in [1.29, 1.82) is 0 Å². The Kier molecular flexibility index (Phi) is 6.88. The third-order valence-corrected chi connectivity index (χ3v) is 6.60. The van der Waals surface area contributed by atoms with Crippen LogP contribution in [-0.4, -0.2) is 39.7 Å². The van der Waals surface area contributed by atoms with E-state index in [1.165, 1.54) is 54.7 Å². The molecule has 1 aliphatic carbocycles. The molecule has 30 heavy (non-hydrogen) atoms. The van der Waals surface area contributed by atoms with Gasteiger partial charge in [0.05, 0.1) is 5.69 Å². The van der Waals surface area contributed by atoms with Gasteiger partial charge in [0, 0.05) is 37.3 Å². The van der Waals surface area contributed by atoms with Crippen LogP contribution in [0.3, 0.4) is 0 Å². The van der Waals surface area contributed by atoms with E-state index in [9.17, 15) is 4.79 Å². The first-order valence-corrected chi connectivity index (χ1v) is 11.7. The number of aromatic nitrogens is 2. The van der Waals surface area contributed by atoms with Gasteiger partial charge >= 0.3 is 0 Å². The Bertz CT molecular complexity index is 829. The lowest BCUT2D eigenvalue weighted by atomic mass is 9.89. The number of benzene rings is 1. The number of likely N-dealkylation sites (tertiary alicyclic amines) is 1. The summed E-state index contributed by atoms with van der Waals surface area (Å²) in [6.45, 7) is 8.58. The van der Waals surface area contributed by atoms with Crippen molar-refractivity contribution in [3.63, 3.8) is 0 Å². The van der Waals surface area contributed by atoms with Crippen LogP contribution in [0.5, 0.6) is 0 Å². The number of carbonyl (C=O) groups is 1. The van der Waals surface area contributed by atoms with Crippen LogP contribution >= 0.6 is 0 Å². The quantitative estimate of drug-likeness (QED) is 0.685. The van der Waals surface area contributed by atoms with Gasteiger partial charge in [-0.15, -0.1) is 0 Å². The van der Waals surface area contributed by atoms with Crippen molar-refractivity contribution in [2.24, 2.45) is 5.92 Å². The molecule has 4 rings (SSSR count). The minimum Gasteiger partial charge on any atom is -0.353 e. The van der Waals surface area contributed by atoms with E-state index in [-0.39, 0.29) is 5.91 Å². The van der Waals surface area contributed by atoms with E-state index in [0.29, 0.717) is 12.5 Å². The maximum Gasteiger partial charge on any atom is 0.220 e. The van der Waals surface area contributed by atoms with E-state index in [1.54, 1.807) is 0 Å². The average molecular weight is 409 g/mol. The number of nitrogens with zero attached hydrogens (tertiary/aromatic N) is 3. The highest BCUT2D eigenvalue weighted by Gasteiger charge is 2.23. The number of rotatable bonds is 9. The standard InChI is InChI=1S/C25H36N4O/c1-3-29-18-23(19(2)27-29)17-28-14-12-22(13-15-28)16-21-6-4-20(5-7-21)8-11-25(30)26-24-9-10-24/h4-7,18,22,24H,3,8-17H2,1-2H3,(H,26,30). The van der Waals surface area contributed by atoms with E-state index in [1.807, 2.05) is 4.68 Å². The second-order valence-electron chi connectivity index (χ2n) is 9.18. The molecule has 2 fully saturated rings. The molecule has 0 radical (unpaired) electrons. The SMILES string of the molecule is CCn1cc(CN2CCC(Cc3ccc(CCC(=O)NC4CC4)cc3)CC2)c(C)n1. The zero-order valence-corrected chi connectivity index (χ0v) is 18.6. The highest BCUT2D eigenvalue weighted by Crippen LogP contribution is 2.24. The zero-order valence-electron chi connectivity index (χ0n) is 18.6. The maximum absolute atomic E-state index is 11.9. The summed E-state index contributed by atoms with van der Waals surface area (Å²) in [5.41, 5.74) is 5.24. The number of carbonyl (C=O) groups excluding carboxylic acids is 1. The molecule has 0 bridgehead atoms. The molecule has 0 atom stereocenters. The van der Waals surface area contributed by atoms with E-state index in [2.05, 4.69) is 59.6 Å². The molecule has 162 valence electrons. The number of amides is 1. The first kappa shape index (κ1) is 21.1. The highest BCUT2D eigenvalue weighted by molar-refractivity contribution is 5.76. The van der Waals surface area contributed by atoms with Crippen LogP contribution in [0.15, 0.2) is 30.5 Å². The normalized spacial score (nSPS) is 17.9. The number of hydrogen-bond acceptors (Lipinski definition) is 3. The Morgan fingerprint density at radius 3 is 2.43 bits per heavy atom. The van der Waals surface area contributed by atoms with Gasteiger partial charge in [0.2, 0.25) is 5.91 Å². The average Bonchev–Trinajstić information content (AvgIpc) is 3.50. The largest absolute Gasteiger partial charge is 0.353 e. The van der Waals surface area contributed by atoms with Gasteiger partial charge in [0.1, 0.15) is 0 Å². The second-order valence-corrected chi connectivity index (χ2v) is 9.18.